The zero-order valence-corrected chi connectivity index (χ0v) is 13.6. The van der Waals surface area contributed by atoms with Crippen LogP contribution in [0.2, 0.25) is 0 Å². The Morgan fingerprint density at radius 3 is 3.05 bits per heavy atom. The topological polar surface area (TPSA) is 73.1 Å². The van der Waals surface area contributed by atoms with Gasteiger partial charge in [0.15, 0.2) is 0 Å². The van der Waals surface area contributed by atoms with Crippen LogP contribution in [-0.4, -0.2) is 33.9 Å². The molecule has 3 unspecified atom stereocenters. The van der Waals surface area contributed by atoms with Gasteiger partial charge in [-0.15, -0.1) is 0 Å². The second kappa shape index (κ2) is 6.20. The van der Waals surface area contributed by atoms with Gasteiger partial charge in [0.05, 0.1) is 23.0 Å². The highest BCUT2D eigenvalue weighted by Gasteiger charge is 2.42. The zero-order valence-electron chi connectivity index (χ0n) is 12.8. The maximum absolute atomic E-state index is 6.12. The first kappa shape index (κ1) is 15.2. The molecule has 3 atom stereocenters. The molecule has 2 aliphatic rings. The molecule has 3 heterocycles. The Morgan fingerprint density at radius 1 is 1.48 bits per heavy atom. The first-order valence-electron chi connectivity index (χ1n) is 7.62. The van der Waals surface area contributed by atoms with Gasteiger partial charge >= 0.3 is 0 Å². The fraction of sp³-hybridized carbons (Fsp3) is 0.733. The molecule has 0 bridgehead atoms. The van der Waals surface area contributed by atoms with E-state index < -0.39 is 0 Å². The van der Waals surface area contributed by atoms with Crippen molar-refractivity contribution in [2.45, 2.75) is 44.8 Å². The minimum Gasteiger partial charge on any atom is -0.374 e. The van der Waals surface area contributed by atoms with Gasteiger partial charge in [-0.3, -0.25) is 11.3 Å². The quantitative estimate of drug-likeness (QED) is 0.656. The Labute approximate surface area is 130 Å². The van der Waals surface area contributed by atoms with E-state index in [2.05, 4.69) is 21.7 Å². The third kappa shape index (κ3) is 3.08. The summed E-state index contributed by atoms with van der Waals surface area (Å²) in [4.78, 5) is 0. The molecule has 0 amide bonds. The molecule has 6 heteroatoms. The van der Waals surface area contributed by atoms with Gasteiger partial charge in [0.2, 0.25) is 0 Å². The molecular formula is C15H24N4OS. The molecule has 0 radical (unpaired) electrons. The molecule has 1 spiro atoms. The molecule has 0 saturated carbocycles. The largest absolute Gasteiger partial charge is 0.374 e. The van der Waals surface area contributed by atoms with Crippen LogP contribution in [0.3, 0.4) is 0 Å². The number of aromatic nitrogens is 2. The number of rotatable bonds is 3. The summed E-state index contributed by atoms with van der Waals surface area (Å²) in [5.41, 5.74) is 6.19. The molecule has 3 N–H and O–H groups in total. The first-order chi connectivity index (χ1) is 10.1. The third-order valence-corrected chi connectivity index (χ3v) is 5.95. The van der Waals surface area contributed by atoms with Crippen molar-refractivity contribution < 1.29 is 4.74 Å². The van der Waals surface area contributed by atoms with Crippen LogP contribution >= 0.6 is 11.8 Å². The van der Waals surface area contributed by atoms with Crippen LogP contribution in [0.25, 0.3) is 0 Å². The smallest absolute Gasteiger partial charge is 0.0783 e. The maximum Gasteiger partial charge on any atom is 0.0783 e. The summed E-state index contributed by atoms with van der Waals surface area (Å²) in [6.07, 6.45) is 3.29. The molecule has 0 aromatic carbocycles. The first-order valence-corrected chi connectivity index (χ1v) is 8.78. The summed E-state index contributed by atoms with van der Waals surface area (Å²) in [6, 6.07) is 2.24. The van der Waals surface area contributed by atoms with Gasteiger partial charge in [0.1, 0.15) is 0 Å². The fourth-order valence-corrected chi connectivity index (χ4v) is 4.96. The zero-order chi connectivity index (χ0) is 14.9. The Bertz CT molecular complexity index is 504. The van der Waals surface area contributed by atoms with Crippen LogP contribution in [0.15, 0.2) is 6.07 Å². The summed E-state index contributed by atoms with van der Waals surface area (Å²) in [6.45, 7) is 4.81. The lowest BCUT2D eigenvalue weighted by atomic mass is 9.79. The van der Waals surface area contributed by atoms with Gasteiger partial charge in [-0.2, -0.15) is 22.0 Å². The van der Waals surface area contributed by atoms with E-state index in [1.54, 1.807) is 0 Å². The number of hydrazine groups is 1. The molecule has 2 saturated heterocycles. The minimum atomic E-state index is 0.0755. The molecule has 5 nitrogen and oxygen atoms in total. The molecule has 2 aliphatic heterocycles. The van der Waals surface area contributed by atoms with Crippen molar-refractivity contribution >= 4 is 11.8 Å². The van der Waals surface area contributed by atoms with Crippen LogP contribution in [0.5, 0.6) is 0 Å². The number of nitrogens with one attached hydrogen (secondary N) is 1. The lowest BCUT2D eigenvalue weighted by molar-refractivity contribution is -0.0855. The van der Waals surface area contributed by atoms with E-state index in [9.17, 15) is 0 Å². The minimum absolute atomic E-state index is 0.0755. The second-order valence-electron chi connectivity index (χ2n) is 6.26. The van der Waals surface area contributed by atoms with E-state index in [1.807, 2.05) is 25.6 Å². The molecule has 0 aliphatic carbocycles. The molecule has 21 heavy (non-hydrogen) atoms. The lowest BCUT2D eigenvalue weighted by Crippen LogP contribution is -2.45. The van der Waals surface area contributed by atoms with Gasteiger partial charge in [-0.1, -0.05) is 0 Å². The van der Waals surface area contributed by atoms with Crippen molar-refractivity contribution in [3.05, 3.63) is 23.0 Å². The number of aryl methyl sites for hydroxylation is 2. The molecule has 2 fully saturated rings. The summed E-state index contributed by atoms with van der Waals surface area (Å²) >= 11 is 2.00. The van der Waals surface area contributed by atoms with E-state index in [4.69, 9.17) is 10.6 Å². The number of ether oxygens (including phenoxy) is 1. The predicted molar refractivity (Wildman–Crippen MR) is 84.9 cm³/mol. The Hall–Kier alpha value is -0.690. The van der Waals surface area contributed by atoms with Gasteiger partial charge in [-0.05, 0) is 56.4 Å². The van der Waals surface area contributed by atoms with Crippen molar-refractivity contribution in [2.75, 3.05) is 18.1 Å². The summed E-state index contributed by atoms with van der Waals surface area (Å²) in [5.74, 6) is 8.72. The van der Waals surface area contributed by atoms with Crippen LogP contribution < -0.4 is 11.3 Å². The highest BCUT2D eigenvalue weighted by Crippen LogP contribution is 2.44. The van der Waals surface area contributed by atoms with E-state index in [1.165, 1.54) is 11.3 Å². The molecule has 3 rings (SSSR count). The van der Waals surface area contributed by atoms with Crippen LogP contribution in [0, 0.1) is 19.8 Å². The highest BCUT2D eigenvalue weighted by molar-refractivity contribution is 7.99. The standard InChI is InChI=1S/C15H24N4OS/c1-10-7-13(11(2)19-18-10)14(17-16)12-3-5-20-15(8-12)4-6-21-9-15/h7,12,14,17H,3-6,8-9,16H2,1-2H3. The second-order valence-corrected chi connectivity index (χ2v) is 7.36. The van der Waals surface area contributed by atoms with E-state index in [0.717, 1.165) is 43.0 Å². The van der Waals surface area contributed by atoms with Gasteiger partial charge in [0, 0.05) is 12.4 Å². The van der Waals surface area contributed by atoms with Gasteiger partial charge in [0.25, 0.3) is 0 Å². The molecular weight excluding hydrogens is 284 g/mol. The van der Waals surface area contributed by atoms with Crippen molar-refractivity contribution in [3.8, 4) is 0 Å². The lowest BCUT2D eigenvalue weighted by Gasteiger charge is -2.41. The number of hydrogen-bond acceptors (Lipinski definition) is 6. The monoisotopic (exact) mass is 308 g/mol. The SMILES string of the molecule is Cc1cc(C(NN)C2CCOC3(CCSC3)C2)c(C)nn1. The average Bonchev–Trinajstić information content (AvgIpc) is 2.91. The van der Waals surface area contributed by atoms with E-state index >= 15 is 0 Å². The van der Waals surface area contributed by atoms with E-state index in [0.29, 0.717) is 5.92 Å². The normalized spacial score (nSPS) is 30.7. The number of nitrogens with two attached hydrogens (primary N) is 1. The van der Waals surface area contributed by atoms with Crippen molar-refractivity contribution in [1.29, 1.82) is 0 Å². The van der Waals surface area contributed by atoms with Gasteiger partial charge < -0.3 is 4.74 Å². The van der Waals surface area contributed by atoms with E-state index in [-0.39, 0.29) is 11.6 Å². The summed E-state index contributed by atoms with van der Waals surface area (Å²) in [5, 5.41) is 8.38. The highest BCUT2D eigenvalue weighted by atomic mass is 32.2. The van der Waals surface area contributed by atoms with Crippen molar-refractivity contribution in [1.82, 2.24) is 15.6 Å². The third-order valence-electron chi connectivity index (χ3n) is 4.72. The fourth-order valence-electron chi connectivity index (χ4n) is 3.58. The summed E-state index contributed by atoms with van der Waals surface area (Å²) in [7, 11) is 0. The number of thioether (sulfide) groups is 1. The van der Waals surface area contributed by atoms with Crippen molar-refractivity contribution in [3.63, 3.8) is 0 Å². The Balaban J connectivity index is 1.84. The maximum atomic E-state index is 6.12. The molecule has 1 aromatic heterocycles. The van der Waals surface area contributed by atoms with Crippen LogP contribution in [0.1, 0.15) is 42.3 Å². The number of hydrogen-bond donors (Lipinski definition) is 2. The molecule has 116 valence electrons. The molecule has 1 aromatic rings. The predicted octanol–water partition coefficient (Wildman–Crippen LogP) is 1.90. The average molecular weight is 308 g/mol. The number of nitrogens with zero attached hydrogens (tertiary/aromatic N) is 2. The van der Waals surface area contributed by atoms with Gasteiger partial charge in [-0.25, -0.2) is 0 Å². The Morgan fingerprint density at radius 2 is 2.33 bits per heavy atom. The van der Waals surface area contributed by atoms with Crippen LogP contribution in [-0.2, 0) is 4.74 Å². The van der Waals surface area contributed by atoms with Crippen LogP contribution in [0.4, 0.5) is 0 Å². The van der Waals surface area contributed by atoms with Crippen molar-refractivity contribution in [2.24, 2.45) is 11.8 Å². The Kier molecular flexibility index (Phi) is 4.49. The summed E-state index contributed by atoms with van der Waals surface area (Å²) < 4.78 is 6.12.